The molecule has 0 unspecified atom stereocenters. The van der Waals surface area contributed by atoms with E-state index in [0.29, 0.717) is 19.6 Å². The van der Waals surface area contributed by atoms with Gasteiger partial charge in [-0.15, -0.1) is 0 Å². The van der Waals surface area contributed by atoms with Crippen molar-refractivity contribution in [2.24, 2.45) is 11.3 Å². The lowest BCUT2D eigenvalue weighted by Gasteiger charge is -2.43. The van der Waals surface area contributed by atoms with E-state index in [-0.39, 0.29) is 40.1 Å². The Kier molecular flexibility index (Phi) is 4.06. The molecule has 4 rings (SSSR count). The van der Waals surface area contributed by atoms with E-state index in [9.17, 15) is 17.6 Å². The fourth-order valence-corrected chi connectivity index (χ4v) is 7.46. The smallest absolute Gasteiger partial charge is 0.317 e. The summed E-state index contributed by atoms with van der Waals surface area (Å²) in [6.45, 7) is 3.51. The number of nitrogens with one attached hydrogen (secondary N) is 1. The van der Waals surface area contributed by atoms with E-state index >= 15 is 0 Å². The Morgan fingerprint density at radius 3 is 2.58 bits per heavy atom. The minimum atomic E-state index is -2.97. The Labute approximate surface area is 153 Å². The first-order valence-corrected chi connectivity index (χ1v) is 11.0. The number of hydrogen-bond acceptors (Lipinski definition) is 3. The maximum Gasteiger partial charge on any atom is 0.317 e. The van der Waals surface area contributed by atoms with E-state index in [1.807, 2.05) is 19.1 Å². The Morgan fingerprint density at radius 1 is 1.31 bits per heavy atom. The number of carbonyl (C=O) groups excluding carboxylic acids is 1. The molecule has 2 saturated heterocycles. The predicted molar refractivity (Wildman–Crippen MR) is 97.2 cm³/mol. The Hall–Kier alpha value is -1.63. The van der Waals surface area contributed by atoms with Crippen LogP contribution in [0.25, 0.3) is 0 Å². The van der Waals surface area contributed by atoms with Crippen LogP contribution in [0.2, 0.25) is 0 Å². The zero-order valence-electron chi connectivity index (χ0n) is 15.0. The molecule has 1 aromatic rings. The summed E-state index contributed by atoms with van der Waals surface area (Å²) in [6, 6.07) is 6.45. The van der Waals surface area contributed by atoms with Crippen LogP contribution >= 0.6 is 0 Å². The van der Waals surface area contributed by atoms with E-state index in [4.69, 9.17) is 0 Å². The van der Waals surface area contributed by atoms with Crippen molar-refractivity contribution in [3.63, 3.8) is 0 Å². The third kappa shape index (κ3) is 3.00. The summed E-state index contributed by atoms with van der Waals surface area (Å²) in [6.07, 6.45) is 3.07. The van der Waals surface area contributed by atoms with Gasteiger partial charge in [0.1, 0.15) is 5.82 Å². The van der Waals surface area contributed by atoms with Crippen molar-refractivity contribution < 1.29 is 17.6 Å². The van der Waals surface area contributed by atoms with Gasteiger partial charge in [0.15, 0.2) is 9.84 Å². The fourth-order valence-electron chi connectivity index (χ4n) is 4.89. The van der Waals surface area contributed by atoms with E-state index in [0.717, 1.165) is 24.8 Å². The standard InChI is InChI=1S/C19H25FN2O3S/c1-18-12-22(9-15(18)10-26(24,25)13-18)17(23)21-11-19(7-2-8-19)14-3-5-16(20)6-4-14/h3-6,15H,2,7-13H2,1H3,(H,21,23)/t15-,18+/m0/s1. The average Bonchev–Trinajstić information content (AvgIpc) is 2.93. The number of likely N-dealkylation sites (tertiary alicyclic amines) is 1. The predicted octanol–water partition coefficient (Wildman–Crippen LogP) is 2.32. The van der Waals surface area contributed by atoms with Crippen LogP contribution in [0.15, 0.2) is 24.3 Å². The second-order valence-corrected chi connectivity index (χ2v) is 10.7. The topological polar surface area (TPSA) is 66.5 Å². The minimum Gasteiger partial charge on any atom is -0.337 e. The van der Waals surface area contributed by atoms with Crippen LogP contribution in [-0.4, -0.2) is 50.5 Å². The molecule has 2 aliphatic heterocycles. The third-order valence-corrected chi connectivity index (χ3v) is 8.63. The number of sulfone groups is 1. The second-order valence-electron chi connectivity index (χ2n) is 8.59. The molecule has 3 aliphatic rings. The molecular weight excluding hydrogens is 355 g/mol. The number of hydrogen-bond donors (Lipinski definition) is 1. The van der Waals surface area contributed by atoms with Crippen LogP contribution < -0.4 is 5.32 Å². The summed E-state index contributed by atoms with van der Waals surface area (Å²) in [5.41, 5.74) is 0.648. The summed E-state index contributed by atoms with van der Waals surface area (Å²) in [5.74, 6) is 0.146. The van der Waals surface area contributed by atoms with Crippen molar-refractivity contribution >= 4 is 15.9 Å². The molecule has 5 nitrogen and oxygen atoms in total. The zero-order valence-corrected chi connectivity index (χ0v) is 15.8. The summed E-state index contributed by atoms with van der Waals surface area (Å²) in [5, 5.41) is 3.05. The highest BCUT2D eigenvalue weighted by Gasteiger charge is 2.53. The number of amides is 2. The number of halogens is 1. The first-order valence-electron chi connectivity index (χ1n) is 9.21. The lowest BCUT2D eigenvalue weighted by Crippen LogP contribution is -2.49. The Morgan fingerprint density at radius 2 is 2.00 bits per heavy atom. The first kappa shape index (κ1) is 17.8. The first-order chi connectivity index (χ1) is 12.2. The fraction of sp³-hybridized carbons (Fsp3) is 0.632. The van der Waals surface area contributed by atoms with Gasteiger partial charge in [-0.2, -0.15) is 0 Å². The van der Waals surface area contributed by atoms with Crippen molar-refractivity contribution in [3.8, 4) is 0 Å². The molecule has 0 aromatic heterocycles. The van der Waals surface area contributed by atoms with Gasteiger partial charge >= 0.3 is 6.03 Å². The molecule has 0 radical (unpaired) electrons. The monoisotopic (exact) mass is 380 g/mol. The van der Waals surface area contributed by atoms with E-state index < -0.39 is 9.84 Å². The average molecular weight is 380 g/mol. The molecule has 3 fully saturated rings. The van der Waals surface area contributed by atoms with E-state index in [1.165, 1.54) is 12.1 Å². The zero-order chi connectivity index (χ0) is 18.6. The summed E-state index contributed by atoms with van der Waals surface area (Å²) < 4.78 is 36.9. The number of urea groups is 1. The maximum absolute atomic E-state index is 13.2. The van der Waals surface area contributed by atoms with Gasteiger partial charge in [-0.25, -0.2) is 17.6 Å². The van der Waals surface area contributed by atoms with Gasteiger partial charge < -0.3 is 10.2 Å². The lowest BCUT2D eigenvalue weighted by molar-refractivity contribution is 0.187. The number of carbonyl (C=O) groups is 1. The molecule has 26 heavy (non-hydrogen) atoms. The summed E-state index contributed by atoms with van der Waals surface area (Å²) in [7, 11) is -2.97. The molecule has 1 aromatic carbocycles. The van der Waals surface area contributed by atoms with Gasteiger partial charge in [0.05, 0.1) is 11.5 Å². The van der Waals surface area contributed by atoms with Crippen molar-refractivity contribution in [1.82, 2.24) is 10.2 Å². The van der Waals surface area contributed by atoms with Gasteiger partial charge in [-0.05, 0) is 36.5 Å². The SMILES string of the molecule is C[C@]12CN(C(=O)NCC3(c4ccc(F)cc4)CCC3)C[C@H]1CS(=O)(=O)C2. The van der Waals surface area contributed by atoms with Crippen molar-refractivity contribution in [2.75, 3.05) is 31.1 Å². The van der Waals surface area contributed by atoms with Crippen molar-refractivity contribution in [3.05, 3.63) is 35.6 Å². The number of fused-ring (bicyclic) bond motifs is 1. The lowest BCUT2D eigenvalue weighted by atomic mass is 9.64. The van der Waals surface area contributed by atoms with Crippen LogP contribution in [0.1, 0.15) is 31.7 Å². The Bertz CT molecular complexity index is 820. The largest absolute Gasteiger partial charge is 0.337 e. The van der Waals surface area contributed by atoms with Crippen LogP contribution in [0.5, 0.6) is 0 Å². The molecule has 7 heteroatoms. The Balaban J connectivity index is 1.39. The highest BCUT2D eigenvalue weighted by Crippen LogP contribution is 2.45. The molecule has 1 aliphatic carbocycles. The molecule has 0 bridgehead atoms. The maximum atomic E-state index is 13.2. The van der Waals surface area contributed by atoms with E-state index in [1.54, 1.807) is 4.90 Å². The van der Waals surface area contributed by atoms with Gasteiger partial charge in [0.2, 0.25) is 0 Å². The third-order valence-electron chi connectivity index (χ3n) is 6.62. The van der Waals surface area contributed by atoms with Crippen LogP contribution in [-0.2, 0) is 15.3 Å². The highest BCUT2D eigenvalue weighted by molar-refractivity contribution is 7.91. The molecule has 142 valence electrons. The van der Waals surface area contributed by atoms with Gasteiger partial charge in [0.25, 0.3) is 0 Å². The normalized spacial score (nSPS) is 31.3. The molecule has 1 saturated carbocycles. The van der Waals surface area contributed by atoms with Gasteiger partial charge in [-0.3, -0.25) is 0 Å². The number of nitrogens with zero attached hydrogens (tertiary/aromatic N) is 1. The van der Waals surface area contributed by atoms with Gasteiger partial charge in [-0.1, -0.05) is 25.5 Å². The molecular formula is C19H25FN2O3S. The van der Waals surface area contributed by atoms with Crippen molar-refractivity contribution in [1.29, 1.82) is 0 Å². The number of benzene rings is 1. The van der Waals surface area contributed by atoms with Gasteiger partial charge in [0, 0.05) is 30.5 Å². The minimum absolute atomic E-state index is 0.0352. The summed E-state index contributed by atoms with van der Waals surface area (Å²) >= 11 is 0. The molecule has 2 atom stereocenters. The molecule has 2 amide bonds. The van der Waals surface area contributed by atoms with Crippen LogP contribution in [0.3, 0.4) is 0 Å². The highest BCUT2D eigenvalue weighted by atomic mass is 32.2. The molecule has 0 spiro atoms. The molecule has 2 heterocycles. The van der Waals surface area contributed by atoms with Crippen LogP contribution in [0.4, 0.5) is 9.18 Å². The second kappa shape index (κ2) is 5.94. The molecule has 1 N–H and O–H groups in total. The van der Waals surface area contributed by atoms with E-state index in [2.05, 4.69) is 5.32 Å². The van der Waals surface area contributed by atoms with Crippen LogP contribution in [0, 0.1) is 17.2 Å². The van der Waals surface area contributed by atoms with Crippen molar-refractivity contribution in [2.45, 2.75) is 31.6 Å². The summed E-state index contributed by atoms with van der Waals surface area (Å²) in [4.78, 5) is 14.4. The number of rotatable bonds is 3. The quantitative estimate of drug-likeness (QED) is 0.875.